The van der Waals surface area contributed by atoms with Crippen LogP contribution in [0.2, 0.25) is 0 Å². The van der Waals surface area contributed by atoms with Crippen molar-refractivity contribution in [2.24, 2.45) is 16.7 Å². The van der Waals surface area contributed by atoms with Crippen molar-refractivity contribution in [2.75, 3.05) is 6.61 Å². The van der Waals surface area contributed by atoms with Gasteiger partial charge in [0.1, 0.15) is 5.75 Å². The molecule has 0 saturated heterocycles. The predicted molar refractivity (Wildman–Crippen MR) is 108 cm³/mol. The first kappa shape index (κ1) is 22.0. The van der Waals surface area contributed by atoms with Gasteiger partial charge in [-0.3, -0.25) is 0 Å². The Kier molecular flexibility index (Phi) is 7.99. The van der Waals surface area contributed by atoms with E-state index < -0.39 is 0 Å². The van der Waals surface area contributed by atoms with E-state index in [0.717, 1.165) is 12.4 Å². The summed E-state index contributed by atoms with van der Waals surface area (Å²) in [6.07, 6.45) is 2.14. The van der Waals surface area contributed by atoms with E-state index in [0.29, 0.717) is 17.3 Å². The molecular weight excluding hydrogens is 308 g/mol. The van der Waals surface area contributed by atoms with Crippen LogP contribution in [-0.4, -0.2) is 12.9 Å². The van der Waals surface area contributed by atoms with Crippen LogP contribution in [0.25, 0.3) is 0 Å². The van der Waals surface area contributed by atoms with Gasteiger partial charge in [-0.1, -0.05) is 73.9 Å². The molecule has 0 aromatic heterocycles. The van der Waals surface area contributed by atoms with E-state index in [1.807, 2.05) is 6.92 Å². The summed E-state index contributed by atoms with van der Waals surface area (Å²) in [6.45, 7) is 21.0. The molecule has 0 spiro atoms. The minimum absolute atomic E-state index is 0.217. The molecule has 2 atom stereocenters. The van der Waals surface area contributed by atoms with Crippen molar-refractivity contribution >= 4 is 0 Å². The Labute approximate surface area is 156 Å². The highest BCUT2D eigenvalue weighted by Crippen LogP contribution is 2.45. The second-order valence-electron chi connectivity index (χ2n) is 9.64. The van der Waals surface area contributed by atoms with Gasteiger partial charge in [0.25, 0.3) is 0 Å². The third-order valence-corrected chi connectivity index (χ3v) is 4.92. The topological polar surface area (TPSA) is 18.5 Å². The highest BCUT2D eigenvalue weighted by Gasteiger charge is 2.32. The standard InChI is InChI=1S/C23H40O2/c1-10-23(8,9)21(15-22(5,6)7)19-11-13-20(14-12-19)25-18(4)24-16-17(2)3/h11-14,17-18,21H,10,15-16H2,1-9H3. The lowest BCUT2D eigenvalue weighted by Gasteiger charge is -2.38. The Morgan fingerprint density at radius 1 is 0.920 bits per heavy atom. The highest BCUT2D eigenvalue weighted by molar-refractivity contribution is 5.30. The molecule has 0 saturated carbocycles. The lowest BCUT2D eigenvalue weighted by molar-refractivity contribution is -0.0756. The average Bonchev–Trinajstić information content (AvgIpc) is 2.50. The molecule has 0 aliphatic rings. The molecule has 1 aromatic rings. The van der Waals surface area contributed by atoms with Crippen molar-refractivity contribution in [1.82, 2.24) is 0 Å². The number of hydrogen-bond acceptors (Lipinski definition) is 2. The Balaban J connectivity index is 2.86. The van der Waals surface area contributed by atoms with Crippen LogP contribution in [0.5, 0.6) is 5.75 Å². The molecule has 0 aliphatic carbocycles. The third-order valence-electron chi connectivity index (χ3n) is 4.92. The third kappa shape index (κ3) is 7.81. The van der Waals surface area contributed by atoms with Crippen LogP contribution in [-0.2, 0) is 4.74 Å². The van der Waals surface area contributed by atoms with Gasteiger partial charge in [-0.15, -0.1) is 0 Å². The molecule has 144 valence electrons. The molecule has 25 heavy (non-hydrogen) atoms. The number of benzene rings is 1. The summed E-state index contributed by atoms with van der Waals surface area (Å²) in [5, 5.41) is 0. The molecular formula is C23H40O2. The van der Waals surface area contributed by atoms with Gasteiger partial charge in [-0.25, -0.2) is 0 Å². The Bertz CT molecular complexity index is 494. The van der Waals surface area contributed by atoms with Gasteiger partial charge >= 0.3 is 0 Å². The minimum Gasteiger partial charge on any atom is -0.465 e. The Morgan fingerprint density at radius 3 is 1.92 bits per heavy atom. The van der Waals surface area contributed by atoms with Crippen LogP contribution in [0.3, 0.4) is 0 Å². The van der Waals surface area contributed by atoms with Crippen LogP contribution in [0, 0.1) is 16.7 Å². The summed E-state index contributed by atoms with van der Waals surface area (Å²) in [7, 11) is 0. The van der Waals surface area contributed by atoms with Crippen LogP contribution >= 0.6 is 0 Å². The van der Waals surface area contributed by atoms with E-state index in [9.17, 15) is 0 Å². The zero-order valence-electron chi connectivity index (χ0n) is 18.0. The minimum atomic E-state index is -0.217. The Hall–Kier alpha value is -1.02. The first-order valence-corrected chi connectivity index (χ1v) is 9.83. The van der Waals surface area contributed by atoms with Crippen LogP contribution in [0.1, 0.15) is 86.6 Å². The van der Waals surface area contributed by atoms with E-state index in [2.05, 4.69) is 79.7 Å². The lowest BCUT2D eigenvalue weighted by atomic mass is 9.67. The number of rotatable bonds is 9. The van der Waals surface area contributed by atoms with E-state index in [1.54, 1.807) is 0 Å². The fourth-order valence-corrected chi connectivity index (χ4v) is 3.04. The first-order valence-electron chi connectivity index (χ1n) is 9.83. The van der Waals surface area contributed by atoms with Gasteiger partial charge in [0, 0.05) is 0 Å². The maximum absolute atomic E-state index is 5.89. The summed E-state index contributed by atoms with van der Waals surface area (Å²) in [5.74, 6) is 1.94. The second kappa shape index (κ2) is 9.07. The number of ether oxygens (including phenoxy) is 2. The zero-order valence-corrected chi connectivity index (χ0v) is 18.0. The van der Waals surface area contributed by atoms with Crippen molar-refractivity contribution in [1.29, 1.82) is 0 Å². The Morgan fingerprint density at radius 2 is 1.48 bits per heavy atom. The molecule has 1 rings (SSSR count). The summed E-state index contributed by atoms with van der Waals surface area (Å²) in [5.41, 5.74) is 2.00. The molecule has 0 aliphatic heterocycles. The van der Waals surface area contributed by atoms with E-state index in [1.165, 1.54) is 18.4 Å². The zero-order chi connectivity index (χ0) is 19.3. The summed E-state index contributed by atoms with van der Waals surface area (Å²) < 4.78 is 11.6. The SMILES string of the molecule is CCC(C)(C)C(CC(C)(C)C)c1ccc(OC(C)OCC(C)C)cc1. The van der Waals surface area contributed by atoms with Crippen molar-refractivity contribution < 1.29 is 9.47 Å². The van der Waals surface area contributed by atoms with Crippen molar-refractivity contribution in [2.45, 2.75) is 87.4 Å². The average molecular weight is 349 g/mol. The van der Waals surface area contributed by atoms with Gasteiger partial charge in [0.05, 0.1) is 6.61 Å². The summed E-state index contributed by atoms with van der Waals surface area (Å²) in [4.78, 5) is 0. The normalized spacial score (nSPS) is 15.3. The van der Waals surface area contributed by atoms with Crippen molar-refractivity contribution in [3.05, 3.63) is 29.8 Å². The quantitative estimate of drug-likeness (QED) is 0.445. The first-order chi connectivity index (χ1) is 11.4. The monoisotopic (exact) mass is 348 g/mol. The highest BCUT2D eigenvalue weighted by atomic mass is 16.7. The van der Waals surface area contributed by atoms with Gasteiger partial charge < -0.3 is 9.47 Å². The fraction of sp³-hybridized carbons (Fsp3) is 0.739. The molecule has 0 fully saturated rings. The summed E-state index contributed by atoms with van der Waals surface area (Å²) >= 11 is 0. The maximum Gasteiger partial charge on any atom is 0.196 e. The fourth-order valence-electron chi connectivity index (χ4n) is 3.04. The lowest BCUT2D eigenvalue weighted by Crippen LogP contribution is -2.26. The molecule has 1 aromatic carbocycles. The number of hydrogen-bond donors (Lipinski definition) is 0. The smallest absolute Gasteiger partial charge is 0.196 e. The maximum atomic E-state index is 5.89. The predicted octanol–water partition coefficient (Wildman–Crippen LogP) is 7.04. The van der Waals surface area contributed by atoms with Gasteiger partial charge in [0.15, 0.2) is 6.29 Å². The van der Waals surface area contributed by atoms with Crippen LogP contribution < -0.4 is 4.74 Å². The van der Waals surface area contributed by atoms with E-state index >= 15 is 0 Å². The summed E-state index contributed by atoms with van der Waals surface area (Å²) in [6, 6.07) is 8.65. The molecule has 0 N–H and O–H groups in total. The van der Waals surface area contributed by atoms with Gasteiger partial charge in [-0.05, 0) is 53.7 Å². The molecule has 2 unspecified atom stereocenters. The van der Waals surface area contributed by atoms with Gasteiger partial charge in [-0.2, -0.15) is 0 Å². The van der Waals surface area contributed by atoms with Crippen molar-refractivity contribution in [3.8, 4) is 5.75 Å². The van der Waals surface area contributed by atoms with Crippen LogP contribution in [0.4, 0.5) is 0 Å². The molecule has 2 nitrogen and oxygen atoms in total. The molecule has 0 bridgehead atoms. The van der Waals surface area contributed by atoms with Gasteiger partial charge in [0.2, 0.25) is 0 Å². The van der Waals surface area contributed by atoms with Crippen LogP contribution in [0.15, 0.2) is 24.3 Å². The van der Waals surface area contributed by atoms with Crippen molar-refractivity contribution in [3.63, 3.8) is 0 Å². The van der Waals surface area contributed by atoms with E-state index in [-0.39, 0.29) is 11.7 Å². The largest absolute Gasteiger partial charge is 0.465 e. The molecule has 0 radical (unpaired) electrons. The molecule has 0 amide bonds. The second-order valence-corrected chi connectivity index (χ2v) is 9.64. The molecule has 2 heteroatoms. The molecule has 0 heterocycles. The van der Waals surface area contributed by atoms with E-state index in [4.69, 9.17) is 9.47 Å².